The lowest BCUT2D eigenvalue weighted by molar-refractivity contribution is 0.851. The van der Waals surface area contributed by atoms with Crippen LogP contribution in [0.3, 0.4) is 0 Å². The van der Waals surface area contributed by atoms with Gasteiger partial charge in [-0.25, -0.2) is 4.98 Å². The lowest BCUT2D eigenvalue weighted by atomic mass is 10.1. The summed E-state index contributed by atoms with van der Waals surface area (Å²) in [7, 11) is 0. The largest absolute Gasteiger partial charge is 0.254 e. The molecule has 0 aliphatic heterocycles. The van der Waals surface area contributed by atoms with Gasteiger partial charge >= 0.3 is 0 Å². The third-order valence-electron chi connectivity index (χ3n) is 2.43. The Morgan fingerprint density at radius 2 is 2.23 bits per heavy atom. The number of allylic oxidation sites excluding steroid dienone is 1. The zero-order valence-electron chi connectivity index (χ0n) is 8.17. The highest BCUT2D eigenvalue weighted by atomic mass is 14.8. The van der Waals surface area contributed by atoms with Gasteiger partial charge in [0.15, 0.2) is 0 Å². The second-order valence-corrected chi connectivity index (χ2v) is 3.38. The molecule has 2 rings (SSSR count). The Hall–Kier alpha value is -1.18. The molecule has 0 aromatic carbocycles. The van der Waals surface area contributed by atoms with Crippen molar-refractivity contribution in [1.82, 2.24) is 9.97 Å². The van der Waals surface area contributed by atoms with Gasteiger partial charge in [0.05, 0.1) is 22.8 Å². The van der Waals surface area contributed by atoms with Crippen molar-refractivity contribution < 1.29 is 0 Å². The van der Waals surface area contributed by atoms with Crippen molar-refractivity contribution in [3.63, 3.8) is 0 Å². The fraction of sp³-hybridized carbons (Fsp3) is 0.455. The Morgan fingerprint density at radius 1 is 1.38 bits per heavy atom. The number of rotatable bonds is 1. The van der Waals surface area contributed by atoms with Gasteiger partial charge in [-0.2, -0.15) is 0 Å². The van der Waals surface area contributed by atoms with E-state index in [1.54, 1.807) is 0 Å². The van der Waals surface area contributed by atoms with E-state index in [2.05, 4.69) is 29.0 Å². The first-order valence-corrected chi connectivity index (χ1v) is 4.84. The average Bonchev–Trinajstić information content (AvgIpc) is 2.17. The maximum absolute atomic E-state index is 4.58. The molecule has 1 heterocycles. The van der Waals surface area contributed by atoms with E-state index in [0.717, 1.165) is 42.0 Å². The smallest absolute Gasteiger partial charge is 0.0845 e. The minimum atomic E-state index is 0.972. The molecule has 2 nitrogen and oxygen atoms in total. The number of aromatic nitrogens is 2. The highest BCUT2D eigenvalue weighted by molar-refractivity contribution is 5.50. The predicted molar refractivity (Wildman–Crippen MR) is 53.5 cm³/mol. The molecular weight excluding hydrogens is 160 g/mol. The summed E-state index contributed by atoms with van der Waals surface area (Å²) in [5.41, 5.74) is 4.47. The molecule has 1 aromatic heterocycles. The summed E-state index contributed by atoms with van der Waals surface area (Å²) < 4.78 is 0. The normalized spacial score (nSPS) is 14.3. The van der Waals surface area contributed by atoms with E-state index in [1.807, 2.05) is 6.92 Å². The average molecular weight is 174 g/mol. The van der Waals surface area contributed by atoms with E-state index < -0.39 is 0 Å². The molecule has 2 heteroatoms. The summed E-state index contributed by atoms with van der Waals surface area (Å²) in [6, 6.07) is 0. The summed E-state index contributed by atoms with van der Waals surface area (Å²) in [6.45, 7) is 4.17. The molecule has 0 saturated carbocycles. The number of fused-ring (bicyclic) bond motifs is 1. The van der Waals surface area contributed by atoms with Crippen LogP contribution in [-0.2, 0) is 12.8 Å². The number of hydrogen-bond donors (Lipinski definition) is 0. The molecule has 0 N–H and O–H groups in total. The Labute approximate surface area is 78.7 Å². The Balaban J connectivity index is 2.52. The molecule has 0 atom stereocenters. The molecule has 0 radical (unpaired) electrons. The van der Waals surface area contributed by atoms with Crippen molar-refractivity contribution in [3.05, 3.63) is 28.9 Å². The van der Waals surface area contributed by atoms with Crippen LogP contribution in [0.5, 0.6) is 0 Å². The zero-order valence-corrected chi connectivity index (χ0v) is 8.17. The summed E-state index contributed by atoms with van der Waals surface area (Å²) in [4.78, 5) is 9.15. The van der Waals surface area contributed by atoms with E-state index >= 15 is 0 Å². The fourth-order valence-electron chi connectivity index (χ4n) is 1.68. The van der Waals surface area contributed by atoms with Crippen LogP contribution < -0.4 is 0 Å². The van der Waals surface area contributed by atoms with Crippen LogP contribution >= 0.6 is 0 Å². The molecule has 68 valence electrons. The van der Waals surface area contributed by atoms with Gasteiger partial charge in [0.25, 0.3) is 0 Å². The summed E-state index contributed by atoms with van der Waals surface area (Å²) in [5, 5.41) is 0. The third-order valence-corrected chi connectivity index (χ3v) is 2.43. The molecular formula is C11H14N2. The highest BCUT2D eigenvalue weighted by Gasteiger charge is 2.09. The van der Waals surface area contributed by atoms with Crippen molar-refractivity contribution >= 4 is 6.08 Å². The van der Waals surface area contributed by atoms with Crippen molar-refractivity contribution in [1.29, 1.82) is 0 Å². The zero-order chi connectivity index (χ0) is 9.26. The van der Waals surface area contributed by atoms with Crippen molar-refractivity contribution in [2.75, 3.05) is 0 Å². The van der Waals surface area contributed by atoms with E-state index in [1.165, 1.54) is 0 Å². The van der Waals surface area contributed by atoms with Crippen molar-refractivity contribution in [2.45, 2.75) is 33.1 Å². The predicted octanol–water partition coefficient (Wildman–Crippen LogP) is 2.31. The lowest BCUT2D eigenvalue weighted by Gasteiger charge is -2.11. The van der Waals surface area contributed by atoms with Gasteiger partial charge in [0, 0.05) is 0 Å². The fourth-order valence-corrected chi connectivity index (χ4v) is 1.68. The highest BCUT2D eigenvalue weighted by Crippen LogP contribution is 2.17. The van der Waals surface area contributed by atoms with Gasteiger partial charge in [0.1, 0.15) is 0 Å². The molecule has 13 heavy (non-hydrogen) atoms. The minimum absolute atomic E-state index is 0.972. The number of aryl methyl sites for hydroxylation is 3. The van der Waals surface area contributed by atoms with E-state index in [9.17, 15) is 0 Å². The van der Waals surface area contributed by atoms with E-state index in [-0.39, 0.29) is 0 Å². The first kappa shape index (κ1) is 8.42. The van der Waals surface area contributed by atoms with Crippen LogP contribution in [-0.4, -0.2) is 9.97 Å². The quantitative estimate of drug-likeness (QED) is 0.653. The second-order valence-electron chi connectivity index (χ2n) is 3.38. The first-order chi connectivity index (χ1) is 6.31. The van der Waals surface area contributed by atoms with E-state index in [0.29, 0.717) is 0 Å². The minimum Gasteiger partial charge on any atom is -0.254 e. The summed E-state index contributed by atoms with van der Waals surface area (Å²) >= 11 is 0. The Kier molecular flexibility index (Phi) is 2.13. The van der Waals surface area contributed by atoms with Crippen LogP contribution in [0.15, 0.2) is 6.08 Å². The van der Waals surface area contributed by atoms with Gasteiger partial charge in [-0.1, -0.05) is 13.0 Å². The summed E-state index contributed by atoms with van der Waals surface area (Å²) in [5.74, 6) is 0. The number of hydrogen-bond acceptors (Lipinski definition) is 2. The lowest BCUT2D eigenvalue weighted by Crippen LogP contribution is -2.06. The standard InChI is InChI=1S/C11H14N2/c1-3-9-8(2)12-10-6-4-5-7-11(10)13-9/h5,7H,3-4,6H2,1-2H3. The first-order valence-electron chi connectivity index (χ1n) is 4.84. The van der Waals surface area contributed by atoms with Gasteiger partial charge in [0.2, 0.25) is 0 Å². The molecule has 1 aliphatic carbocycles. The molecule has 0 unspecified atom stereocenters. The molecule has 0 fully saturated rings. The van der Waals surface area contributed by atoms with E-state index in [4.69, 9.17) is 0 Å². The molecule has 0 spiro atoms. The Morgan fingerprint density at radius 3 is 3.00 bits per heavy atom. The van der Waals surface area contributed by atoms with Gasteiger partial charge in [-0.15, -0.1) is 0 Å². The molecule has 1 aliphatic rings. The van der Waals surface area contributed by atoms with Crippen LogP contribution in [0.2, 0.25) is 0 Å². The third kappa shape index (κ3) is 1.48. The summed E-state index contributed by atoms with van der Waals surface area (Å²) in [6.07, 6.45) is 7.38. The number of nitrogens with zero attached hydrogens (tertiary/aromatic N) is 2. The SMILES string of the molecule is CCc1nc2c(nc1C)CCC=C2. The van der Waals surface area contributed by atoms with Crippen LogP contribution in [0.25, 0.3) is 6.08 Å². The van der Waals surface area contributed by atoms with Gasteiger partial charge in [-0.3, -0.25) is 4.98 Å². The maximum Gasteiger partial charge on any atom is 0.0845 e. The topological polar surface area (TPSA) is 25.8 Å². The second kappa shape index (κ2) is 3.29. The maximum atomic E-state index is 4.58. The van der Waals surface area contributed by atoms with Crippen molar-refractivity contribution in [3.8, 4) is 0 Å². The van der Waals surface area contributed by atoms with Crippen LogP contribution in [0, 0.1) is 6.92 Å². The molecule has 1 aromatic rings. The van der Waals surface area contributed by atoms with Gasteiger partial charge < -0.3 is 0 Å². The van der Waals surface area contributed by atoms with Crippen LogP contribution in [0.4, 0.5) is 0 Å². The molecule has 0 saturated heterocycles. The van der Waals surface area contributed by atoms with Crippen LogP contribution in [0.1, 0.15) is 36.1 Å². The Bertz CT molecular complexity index is 353. The molecule has 0 bridgehead atoms. The van der Waals surface area contributed by atoms with Gasteiger partial charge in [-0.05, 0) is 32.3 Å². The molecule has 0 amide bonds. The monoisotopic (exact) mass is 174 g/mol. The van der Waals surface area contributed by atoms with Crippen molar-refractivity contribution in [2.24, 2.45) is 0 Å².